The molecule has 0 saturated carbocycles. The molecule has 0 aromatic heterocycles. The molecule has 1 aliphatic rings. The third-order valence-corrected chi connectivity index (χ3v) is 5.20. The average molecular weight is 414 g/mol. The Hall–Kier alpha value is -0.780. The lowest BCUT2D eigenvalue weighted by Gasteiger charge is -2.28. The lowest BCUT2D eigenvalue weighted by atomic mass is 9.86. The van der Waals surface area contributed by atoms with Crippen LogP contribution in [0.5, 0.6) is 5.75 Å². The lowest BCUT2D eigenvalue weighted by Crippen LogP contribution is -2.20. The quantitative estimate of drug-likeness (QED) is 0.726. The van der Waals surface area contributed by atoms with Gasteiger partial charge in [0.2, 0.25) is 0 Å². The third-order valence-electron chi connectivity index (χ3n) is 3.98. The molecule has 0 radical (unpaired) electrons. The summed E-state index contributed by atoms with van der Waals surface area (Å²) in [7, 11) is 0. The molecule has 0 fully saturated rings. The molecule has 110 valence electrons. The van der Waals surface area contributed by atoms with Crippen molar-refractivity contribution in [2.45, 2.75) is 24.8 Å². The summed E-state index contributed by atoms with van der Waals surface area (Å²) < 4.78 is 6.89. The van der Waals surface area contributed by atoms with Gasteiger partial charge in [0.05, 0.1) is 6.61 Å². The van der Waals surface area contributed by atoms with Gasteiger partial charge < -0.3 is 10.5 Å². The second-order valence-electron chi connectivity index (χ2n) is 5.38. The molecule has 2 nitrogen and oxygen atoms in total. The maximum absolute atomic E-state index is 6.45. The summed E-state index contributed by atoms with van der Waals surface area (Å²) >= 11 is 8.43. The molecular formula is C17H17ClINO. The van der Waals surface area contributed by atoms with Crippen molar-refractivity contribution in [3.63, 3.8) is 0 Å². The molecule has 21 heavy (non-hydrogen) atoms. The van der Waals surface area contributed by atoms with Crippen LogP contribution in [0, 0.1) is 3.57 Å². The largest absolute Gasteiger partial charge is 0.493 e. The minimum absolute atomic E-state index is 0.00763. The maximum Gasteiger partial charge on any atom is 0.122 e. The van der Waals surface area contributed by atoms with Gasteiger partial charge in [-0.1, -0.05) is 29.8 Å². The Labute approximate surface area is 143 Å². The van der Waals surface area contributed by atoms with Crippen molar-refractivity contribution in [1.29, 1.82) is 0 Å². The number of hydrogen-bond acceptors (Lipinski definition) is 2. The van der Waals surface area contributed by atoms with Crippen LogP contribution in [0.2, 0.25) is 5.02 Å². The lowest BCUT2D eigenvalue weighted by molar-refractivity contribution is 0.259. The highest BCUT2D eigenvalue weighted by atomic mass is 127. The topological polar surface area (TPSA) is 35.2 Å². The molecule has 4 heteroatoms. The van der Waals surface area contributed by atoms with Crippen LogP contribution in [0.25, 0.3) is 0 Å². The number of halogens is 2. The van der Waals surface area contributed by atoms with Gasteiger partial charge in [-0.05, 0) is 76.7 Å². The Morgan fingerprint density at radius 2 is 2.10 bits per heavy atom. The van der Waals surface area contributed by atoms with Crippen molar-refractivity contribution in [2.75, 3.05) is 6.61 Å². The van der Waals surface area contributed by atoms with E-state index >= 15 is 0 Å². The van der Waals surface area contributed by atoms with Gasteiger partial charge in [0.1, 0.15) is 5.75 Å². The minimum Gasteiger partial charge on any atom is -0.493 e. The number of ether oxygens (including phenoxy) is 1. The fourth-order valence-electron chi connectivity index (χ4n) is 2.89. The van der Waals surface area contributed by atoms with E-state index < -0.39 is 0 Å². The number of rotatable bonds is 3. The average Bonchev–Trinajstić information content (AvgIpc) is 2.50. The molecule has 2 aromatic carbocycles. The number of para-hydroxylation sites is 1. The van der Waals surface area contributed by atoms with Crippen LogP contribution in [0.1, 0.15) is 35.9 Å². The first-order chi connectivity index (χ1) is 10.1. The minimum atomic E-state index is -0.00763. The molecule has 2 atom stereocenters. The second-order valence-corrected chi connectivity index (χ2v) is 6.98. The molecular weight excluding hydrogens is 397 g/mol. The van der Waals surface area contributed by atoms with Crippen molar-refractivity contribution >= 4 is 34.2 Å². The molecule has 0 amide bonds. The monoisotopic (exact) mass is 413 g/mol. The fourth-order valence-corrected chi connectivity index (χ4v) is 3.81. The third kappa shape index (κ3) is 3.35. The van der Waals surface area contributed by atoms with Gasteiger partial charge in [0.25, 0.3) is 0 Å². The second kappa shape index (κ2) is 6.55. The summed E-state index contributed by atoms with van der Waals surface area (Å²) in [4.78, 5) is 0. The SMILES string of the molecule is NC(CC1CCOc2ccccc21)c1cc(Cl)ccc1I. The van der Waals surface area contributed by atoms with E-state index in [-0.39, 0.29) is 6.04 Å². The highest BCUT2D eigenvalue weighted by Crippen LogP contribution is 2.39. The van der Waals surface area contributed by atoms with Crippen LogP contribution in [-0.4, -0.2) is 6.61 Å². The predicted octanol–water partition coefficient (Wildman–Crippen LogP) is 4.90. The van der Waals surface area contributed by atoms with E-state index in [2.05, 4.69) is 34.7 Å². The van der Waals surface area contributed by atoms with E-state index in [1.807, 2.05) is 30.3 Å². The maximum atomic E-state index is 6.45. The first-order valence-corrected chi connectivity index (χ1v) is 8.53. The first kappa shape index (κ1) is 15.1. The van der Waals surface area contributed by atoms with E-state index in [0.717, 1.165) is 35.8 Å². The summed E-state index contributed by atoms with van der Waals surface area (Å²) in [5, 5.41) is 0.744. The highest BCUT2D eigenvalue weighted by molar-refractivity contribution is 14.1. The summed E-state index contributed by atoms with van der Waals surface area (Å²) in [5.74, 6) is 1.45. The Morgan fingerprint density at radius 1 is 1.29 bits per heavy atom. The van der Waals surface area contributed by atoms with Crippen LogP contribution in [0.15, 0.2) is 42.5 Å². The van der Waals surface area contributed by atoms with Crippen LogP contribution in [0.3, 0.4) is 0 Å². The van der Waals surface area contributed by atoms with Gasteiger partial charge in [0.15, 0.2) is 0 Å². The summed E-state index contributed by atoms with van der Waals surface area (Å²) in [6.07, 6.45) is 1.93. The Balaban J connectivity index is 1.82. The molecule has 2 aromatic rings. The van der Waals surface area contributed by atoms with Crippen molar-refractivity contribution in [1.82, 2.24) is 0 Å². The van der Waals surface area contributed by atoms with Crippen LogP contribution in [0.4, 0.5) is 0 Å². The summed E-state index contributed by atoms with van der Waals surface area (Å²) in [6.45, 7) is 0.765. The van der Waals surface area contributed by atoms with Crippen molar-refractivity contribution in [3.05, 3.63) is 62.2 Å². The Kier molecular flexibility index (Phi) is 4.72. The Bertz CT molecular complexity index is 646. The highest BCUT2D eigenvalue weighted by Gasteiger charge is 2.24. The van der Waals surface area contributed by atoms with E-state index in [9.17, 15) is 0 Å². The van der Waals surface area contributed by atoms with E-state index in [4.69, 9.17) is 22.1 Å². The molecule has 0 bridgehead atoms. The first-order valence-electron chi connectivity index (χ1n) is 7.07. The molecule has 2 N–H and O–H groups in total. The smallest absolute Gasteiger partial charge is 0.122 e. The van der Waals surface area contributed by atoms with Gasteiger partial charge >= 0.3 is 0 Å². The molecule has 3 rings (SSSR count). The van der Waals surface area contributed by atoms with E-state index in [0.29, 0.717) is 5.92 Å². The number of fused-ring (bicyclic) bond motifs is 1. The van der Waals surface area contributed by atoms with Crippen molar-refractivity contribution in [3.8, 4) is 5.75 Å². The van der Waals surface area contributed by atoms with Gasteiger partial charge in [-0.3, -0.25) is 0 Å². The van der Waals surface area contributed by atoms with Crippen molar-refractivity contribution in [2.24, 2.45) is 5.73 Å². The zero-order valence-electron chi connectivity index (χ0n) is 11.6. The number of benzene rings is 2. The zero-order valence-corrected chi connectivity index (χ0v) is 14.5. The molecule has 1 heterocycles. The normalized spacial score (nSPS) is 18.7. The number of hydrogen-bond donors (Lipinski definition) is 1. The van der Waals surface area contributed by atoms with Gasteiger partial charge in [0, 0.05) is 14.6 Å². The summed E-state index contributed by atoms with van der Waals surface area (Å²) in [6, 6.07) is 14.2. The predicted molar refractivity (Wildman–Crippen MR) is 95.0 cm³/mol. The van der Waals surface area contributed by atoms with E-state index in [1.165, 1.54) is 9.13 Å². The van der Waals surface area contributed by atoms with Crippen LogP contribution >= 0.6 is 34.2 Å². The van der Waals surface area contributed by atoms with Gasteiger partial charge in [-0.15, -0.1) is 0 Å². The van der Waals surface area contributed by atoms with Crippen LogP contribution < -0.4 is 10.5 Å². The van der Waals surface area contributed by atoms with Gasteiger partial charge in [-0.25, -0.2) is 0 Å². The van der Waals surface area contributed by atoms with Gasteiger partial charge in [-0.2, -0.15) is 0 Å². The van der Waals surface area contributed by atoms with Crippen LogP contribution in [-0.2, 0) is 0 Å². The van der Waals surface area contributed by atoms with E-state index in [1.54, 1.807) is 0 Å². The molecule has 1 aliphatic heterocycles. The number of nitrogens with two attached hydrogens (primary N) is 1. The molecule has 2 unspecified atom stereocenters. The summed E-state index contributed by atoms with van der Waals surface area (Å²) in [5.41, 5.74) is 8.85. The van der Waals surface area contributed by atoms with Crippen molar-refractivity contribution < 1.29 is 4.74 Å². The standard InChI is InChI=1S/C17H17ClINO/c18-12-5-6-15(19)14(10-12)16(20)9-11-7-8-21-17-4-2-1-3-13(11)17/h1-6,10-11,16H,7-9,20H2. The molecule has 0 spiro atoms. The molecule has 0 aliphatic carbocycles. The molecule has 0 saturated heterocycles. The zero-order chi connectivity index (χ0) is 14.8. The fraction of sp³-hybridized carbons (Fsp3) is 0.294. The Morgan fingerprint density at radius 3 is 2.95 bits per heavy atom.